The molecule has 0 spiro atoms. The molecule has 0 heterocycles. The van der Waals surface area contributed by atoms with Crippen molar-refractivity contribution in [1.82, 2.24) is 4.31 Å². The van der Waals surface area contributed by atoms with Crippen LogP contribution in [-0.2, 0) is 14.8 Å². The monoisotopic (exact) mass is 340 g/mol. The van der Waals surface area contributed by atoms with E-state index in [-0.39, 0.29) is 18.6 Å². The third-order valence-electron chi connectivity index (χ3n) is 4.09. The van der Waals surface area contributed by atoms with Crippen LogP contribution in [0.25, 0.3) is 0 Å². The number of nitrogens with zero attached hydrogens (tertiary/aromatic N) is 1. The SMILES string of the molecule is Cc1c(NC(=O)CN(C)S(C)(=O)=O)cccc1OC1CCCC1. The Morgan fingerprint density at radius 3 is 2.61 bits per heavy atom. The molecule has 2 rings (SSSR count). The van der Waals surface area contributed by atoms with Crippen LogP contribution in [-0.4, -0.2) is 44.6 Å². The number of carbonyl (C=O) groups excluding carboxylic acids is 1. The van der Waals surface area contributed by atoms with E-state index in [9.17, 15) is 13.2 Å². The zero-order valence-electron chi connectivity index (χ0n) is 13.8. The van der Waals surface area contributed by atoms with Gasteiger partial charge in [0, 0.05) is 18.3 Å². The molecular formula is C16H24N2O4S. The highest BCUT2D eigenvalue weighted by Crippen LogP contribution is 2.30. The summed E-state index contributed by atoms with van der Waals surface area (Å²) in [5.41, 5.74) is 1.50. The number of anilines is 1. The van der Waals surface area contributed by atoms with Crippen molar-refractivity contribution in [2.75, 3.05) is 25.2 Å². The summed E-state index contributed by atoms with van der Waals surface area (Å²) in [4.78, 5) is 12.0. The number of benzene rings is 1. The van der Waals surface area contributed by atoms with E-state index in [0.717, 1.165) is 34.7 Å². The van der Waals surface area contributed by atoms with E-state index < -0.39 is 10.0 Å². The van der Waals surface area contributed by atoms with Crippen LogP contribution < -0.4 is 10.1 Å². The largest absolute Gasteiger partial charge is 0.490 e. The number of nitrogens with one attached hydrogen (secondary N) is 1. The van der Waals surface area contributed by atoms with Crippen molar-refractivity contribution in [3.63, 3.8) is 0 Å². The van der Waals surface area contributed by atoms with Crippen molar-refractivity contribution in [3.05, 3.63) is 23.8 Å². The molecule has 1 amide bonds. The van der Waals surface area contributed by atoms with Gasteiger partial charge in [0.25, 0.3) is 0 Å². The second kappa shape index (κ2) is 7.31. The molecule has 1 aliphatic rings. The molecule has 1 aromatic carbocycles. The number of sulfonamides is 1. The topological polar surface area (TPSA) is 75.7 Å². The van der Waals surface area contributed by atoms with Crippen LogP contribution in [0.3, 0.4) is 0 Å². The van der Waals surface area contributed by atoms with E-state index in [1.54, 1.807) is 6.07 Å². The first kappa shape index (κ1) is 17.7. The third-order valence-corrected chi connectivity index (χ3v) is 5.35. The van der Waals surface area contributed by atoms with Crippen molar-refractivity contribution >= 4 is 21.6 Å². The van der Waals surface area contributed by atoms with Crippen molar-refractivity contribution in [2.45, 2.75) is 38.7 Å². The van der Waals surface area contributed by atoms with Gasteiger partial charge in [-0.15, -0.1) is 0 Å². The van der Waals surface area contributed by atoms with Crippen LogP contribution in [0.1, 0.15) is 31.2 Å². The van der Waals surface area contributed by atoms with Gasteiger partial charge in [-0.2, -0.15) is 4.31 Å². The van der Waals surface area contributed by atoms with E-state index in [1.165, 1.54) is 19.9 Å². The Hall–Kier alpha value is -1.60. The Kier molecular flexibility index (Phi) is 5.64. The second-order valence-electron chi connectivity index (χ2n) is 6.02. The van der Waals surface area contributed by atoms with Gasteiger partial charge < -0.3 is 10.1 Å². The molecule has 0 unspecified atom stereocenters. The van der Waals surface area contributed by atoms with Gasteiger partial charge in [0.15, 0.2) is 0 Å². The highest BCUT2D eigenvalue weighted by molar-refractivity contribution is 7.88. The number of rotatable bonds is 6. The zero-order valence-corrected chi connectivity index (χ0v) is 14.6. The maximum Gasteiger partial charge on any atom is 0.239 e. The van der Waals surface area contributed by atoms with Gasteiger partial charge >= 0.3 is 0 Å². The molecule has 1 aliphatic carbocycles. The summed E-state index contributed by atoms with van der Waals surface area (Å²) in [6.07, 6.45) is 5.83. The lowest BCUT2D eigenvalue weighted by atomic mass is 10.1. The molecule has 1 saturated carbocycles. The first-order valence-corrected chi connectivity index (χ1v) is 9.59. The summed E-state index contributed by atoms with van der Waals surface area (Å²) in [5.74, 6) is 0.394. The van der Waals surface area contributed by atoms with Crippen molar-refractivity contribution in [1.29, 1.82) is 0 Å². The standard InChI is InChI=1S/C16H24N2O4S/c1-12-14(17-16(19)11-18(2)23(3,20)21)9-6-10-15(12)22-13-7-4-5-8-13/h6,9-10,13H,4-5,7-8,11H2,1-3H3,(H,17,19). The maximum atomic E-state index is 12.0. The first-order valence-electron chi connectivity index (χ1n) is 7.75. The van der Waals surface area contributed by atoms with Gasteiger partial charge in [-0.05, 0) is 44.7 Å². The predicted octanol–water partition coefficient (Wildman–Crippen LogP) is 2.15. The molecule has 6 nitrogen and oxygen atoms in total. The number of hydrogen-bond acceptors (Lipinski definition) is 4. The Bertz CT molecular complexity index is 667. The molecule has 7 heteroatoms. The fourth-order valence-electron chi connectivity index (χ4n) is 2.57. The van der Waals surface area contributed by atoms with Gasteiger partial charge in [0.05, 0.1) is 18.9 Å². The molecule has 0 radical (unpaired) electrons. The van der Waals surface area contributed by atoms with Crippen LogP contribution in [0.4, 0.5) is 5.69 Å². The molecule has 0 aliphatic heterocycles. The van der Waals surface area contributed by atoms with Crippen molar-refractivity contribution in [2.24, 2.45) is 0 Å². The predicted molar refractivity (Wildman–Crippen MR) is 90.2 cm³/mol. The molecule has 0 bridgehead atoms. The Morgan fingerprint density at radius 1 is 1.35 bits per heavy atom. The lowest BCUT2D eigenvalue weighted by molar-refractivity contribution is -0.116. The lowest BCUT2D eigenvalue weighted by Crippen LogP contribution is -2.34. The molecular weight excluding hydrogens is 316 g/mol. The third kappa shape index (κ3) is 4.94. The average molecular weight is 340 g/mol. The molecule has 1 fully saturated rings. The minimum Gasteiger partial charge on any atom is -0.490 e. The maximum absolute atomic E-state index is 12.0. The van der Waals surface area contributed by atoms with Crippen molar-refractivity contribution < 1.29 is 17.9 Å². The van der Waals surface area contributed by atoms with E-state index in [0.29, 0.717) is 5.69 Å². The Balaban J connectivity index is 2.03. The molecule has 1 N–H and O–H groups in total. The van der Waals surface area contributed by atoms with Crippen LogP contribution in [0.15, 0.2) is 18.2 Å². The molecule has 0 aromatic heterocycles. The van der Waals surface area contributed by atoms with Crippen molar-refractivity contribution in [3.8, 4) is 5.75 Å². The van der Waals surface area contributed by atoms with Crippen LogP contribution >= 0.6 is 0 Å². The summed E-state index contributed by atoms with van der Waals surface area (Å²) >= 11 is 0. The second-order valence-corrected chi connectivity index (χ2v) is 8.11. The van der Waals surface area contributed by atoms with Crippen LogP contribution in [0, 0.1) is 6.92 Å². The minimum atomic E-state index is -3.38. The number of amides is 1. The van der Waals surface area contributed by atoms with E-state index >= 15 is 0 Å². The van der Waals surface area contributed by atoms with E-state index in [4.69, 9.17) is 4.74 Å². The summed E-state index contributed by atoms with van der Waals surface area (Å²) < 4.78 is 29.7. The van der Waals surface area contributed by atoms with Crippen LogP contribution in [0.2, 0.25) is 0 Å². The molecule has 0 saturated heterocycles. The first-order chi connectivity index (χ1) is 10.8. The normalized spacial score (nSPS) is 15.8. The van der Waals surface area contributed by atoms with Gasteiger partial charge in [-0.3, -0.25) is 4.79 Å². The zero-order chi connectivity index (χ0) is 17.0. The minimum absolute atomic E-state index is 0.216. The highest BCUT2D eigenvalue weighted by Gasteiger charge is 2.19. The number of ether oxygens (including phenoxy) is 1. The average Bonchev–Trinajstić information content (AvgIpc) is 2.95. The summed E-state index contributed by atoms with van der Waals surface area (Å²) in [6, 6.07) is 5.51. The Morgan fingerprint density at radius 2 is 2.00 bits per heavy atom. The molecule has 1 aromatic rings. The fourth-order valence-corrected chi connectivity index (χ4v) is 2.92. The van der Waals surface area contributed by atoms with E-state index in [2.05, 4.69) is 5.32 Å². The van der Waals surface area contributed by atoms with Gasteiger partial charge in [-0.1, -0.05) is 6.07 Å². The highest BCUT2D eigenvalue weighted by atomic mass is 32.2. The van der Waals surface area contributed by atoms with Crippen LogP contribution in [0.5, 0.6) is 5.75 Å². The molecule has 128 valence electrons. The summed E-state index contributed by atoms with van der Waals surface area (Å²) in [7, 11) is -2.00. The quantitative estimate of drug-likeness (QED) is 0.861. The summed E-state index contributed by atoms with van der Waals surface area (Å²) in [6.45, 7) is 1.67. The number of likely N-dealkylation sites (N-methyl/N-ethyl adjacent to an activating group) is 1. The van der Waals surface area contributed by atoms with E-state index in [1.807, 2.05) is 19.1 Å². The molecule has 0 atom stereocenters. The Labute approximate surface area is 137 Å². The molecule has 23 heavy (non-hydrogen) atoms. The number of carbonyl (C=O) groups is 1. The summed E-state index contributed by atoms with van der Waals surface area (Å²) in [5, 5.41) is 2.75. The lowest BCUT2D eigenvalue weighted by Gasteiger charge is -2.18. The van der Waals surface area contributed by atoms with Gasteiger partial charge in [-0.25, -0.2) is 8.42 Å². The van der Waals surface area contributed by atoms with Gasteiger partial charge in [0.1, 0.15) is 5.75 Å². The van der Waals surface area contributed by atoms with Gasteiger partial charge in [0.2, 0.25) is 15.9 Å². The smallest absolute Gasteiger partial charge is 0.239 e. The number of hydrogen-bond donors (Lipinski definition) is 1. The fraction of sp³-hybridized carbons (Fsp3) is 0.562.